The van der Waals surface area contributed by atoms with E-state index in [1.54, 1.807) is 12.1 Å². The van der Waals surface area contributed by atoms with Crippen LogP contribution in [0.1, 0.15) is 0 Å². The zero-order valence-corrected chi connectivity index (χ0v) is 6.56. The van der Waals surface area contributed by atoms with Crippen LogP contribution in [0, 0.1) is 4.78 Å². The fourth-order valence-electron chi connectivity index (χ4n) is 0.685. The third kappa shape index (κ3) is 1.65. The molecular weight excluding hydrogens is 146 g/mol. The smallest absolute Gasteiger partial charge is 0.169 e. The molecule has 0 bridgehead atoms. The minimum Gasteiger partial charge on any atom is -0.202 e. The van der Waals surface area contributed by atoms with E-state index in [4.69, 9.17) is 4.78 Å². The van der Waals surface area contributed by atoms with Gasteiger partial charge in [-0.2, -0.15) is 0 Å². The molecule has 0 saturated heterocycles. The quantitative estimate of drug-likeness (QED) is 0.600. The van der Waals surface area contributed by atoms with Crippen molar-refractivity contribution >= 4 is 10.1 Å². The van der Waals surface area contributed by atoms with E-state index >= 15 is 0 Å². The molecule has 1 rings (SSSR count). The molecule has 0 fully saturated rings. The van der Waals surface area contributed by atoms with Crippen molar-refractivity contribution in [3.05, 3.63) is 30.3 Å². The summed E-state index contributed by atoms with van der Waals surface area (Å²) in [6, 6.07) is 9.05. The third-order valence-electron chi connectivity index (χ3n) is 1.20. The van der Waals surface area contributed by atoms with Gasteiger partial charge in [0, 0.05) is 0 Å². The topological polar surface area (TPSA) is 44.1 Å². The Hall–Kier alpha value is -0.670. The Bertz CT molecular complexity index is 252. The molecule has 1 unspecified atom stereocenters. The molecule has 54 valence electrons. The molecule has 2 nitrogen and oxygen atoms in total. The van der Waals surface area contributed by atoms with Crippen molar-refractivity contribution in [3.8, 4) is 0 Å². The van der Waals surface area contributed by atoms with Crippen LogP contribution in [-0.2, 0) is 10.1 Å². The van der Waals surface area contributed by atoms with Gasteiger partial charge in [0.1, 0.15) is 16.4 Å². The highest BCUT2D eigenvalue weighted by molar-refractivity contribution is 7.98. The summed E-state index contributed by atoms with van der Waals surface area (Å²) in [5.74, 6) is 0. The lowest BCUT2D eigenvalue weighted by Crippen LogP contribution is -2.03. The van der Waals surface area contributed by atoms with Gasteiger partial charge in [0.15, 0.2) is 4.90 Å². The summed E-state index contributed by atoms with van der Waals surface area (Å²) in [5, 5.41) is 0. The molecule has 1 atom stereocenters. The zero-order valence-electron chi connectivity index (χ0n) is 5.74. The summed E-state index contributed by atoms with van der Waals surface area (Å²) in [6.45, 7) is 0. The number of hydrogen-bond acceptors (Lipinski definition) is 1. The second-order valence-corrected chi connectivity index (χ2v) is 4.41. The van der Waals surface area contributed by atoms with Crippen LogP contribution in [0.4, 0.5) is 0 Å². The molecule has 0 amide bonds. The fourth-order valence-corrected chi connectivity index (χ4v) is 1.37. The molecule has 3 heteroatoms. The van der Waals surface area contributed by atoms with E-state index < -0.39 is 10.1 Å². The summed E-state index contributed by atoms with van der Waals surface area (Å²) in [4.78, 5) is 0.704. The molecule has 0 aliphatic carbocycles. The fraction of sp³-hybridized carbons (Fsp3) is 0.143. The Labute approximate surface area is 61.6 Å². The van der Waals surface area contributed by atoms with Crippen molar-refractivity contribution in [1.29, 1.82) is 4.78 Å². The first-order chi connectivity index (χ1) is 4.61. The molecule has 0 aromatic heterocycles. The van der Waals surface area contributed by atoms with Gasteiger partial charge in [-0.05, 0) is 12.1 Å². The summed E-state index contributed by atoms with van der Waals surface area (Å²) >= 11 is 0. The van der Waals surface area contributed by atoms with Crippen LogP contribution < -0.4 is 0 Å². The van der Waals surface area contributed by atoms with Crippen molar-refractivity contribution in [1.82, 2.24) is 0 Å². The maximum absolute atomic E-state index is 9.24. The lowest BCUT2D eigenvalue weighted by atomic mass is 10.4. The Morgan fingerprint density at radius 1 is 1.30 bits per heavy atom. The predicted molar refractivity (Wildman–Crippen MR) is 43.3 cm³/mol. The number of rotatable bonds is 1. The molecule has 0 radical (unpaired) electrons. The van der Waals surface area contributed by atoms with E-state index in [0.717, 1.165) is 0 Å². The highest BCUT2D eigenvalue weighted by Crippen LogP contribution is 2.11. The molecule has 0 spiro atoms. The molecule has 10 heavy (non-hydrogen) atoms. The van der Waals surface area contributed by atoms with Gasteiger partial charge in [-0.1, -0.05) is 18.2 Å². The van der Waals surface area contributed by atoms with Gasteiger partial charge in [-0.25, -0.2) is 4.55 Å². The number of benzene rings is 1. The second kappa shape index (κ2) is 2.52. The molecule has 1 aromatic rings. The summed E-state index contributed by atoms with van der Waals surface area (Å²) in [5.41, 5.74) is 0. The van der Waals surface area contributed by atoms with Crippen LogP contribution in [0.25, 0.3) is 0 Å². The van der Waals surface area contributed by atoms with E-state index in [1.165, 1.54) is 6.26 Å². The van der Waals surface area contributed by atoms with Crippen LogP contribution in [0.2, 0.25) is 0 Å². The van der Waals surface area contributed by atoms with E-state index in [0.29, 0.717) is 4.90 Å². The molecule has 0 heterocycles. The van der Waals surface area contributed by atoms with Gasteiger partial charge in [0.2, 0.25) is 0 Å². The first-order valence-electron chi connectivity index (χ1n) is 2.91. The maximum Gasteiger partial charge on any atom is 0.169 e. The molecule has 1 aromatic carbocycles. The zero-order chi connectivity index (χ0) is 7.61. The van der Waals surface area contributed by atoms with Gasteiger partial charge in [-0.3, -0.25) is 0 Å². The number of hydrogen-bond donors (Lipinski definition) is 2. The molecule has 0 aliphatic heterocycles. The molecule has 0 saturated carbocycles. The number of nitrogens with one attached hydrogen (secondary N) is 1. The molecular formula is C7H10NOS+. The third-order valence-corrected chi connectivity index (χ3v) is 2.39. The lowest BCUT2D eigenvalue weighted by molar-refractivity contribution is 0.630. The van der Waals surface area contributed by atoms with Gasteiger partial charge in [-0.15, -0.1) is 4.78 Å². The highest BCUT2D eigenvalue weighted by atomic mass is 32.3. The minimum absolute atomic E-state index is 0.704. The largest absolute Gasteiger partial charge is 0.202 e. The maximum atomic E-state index is 9.24. The van der Waals surface area contributed by atoms with E-state index in [1.807, 2.05) is 18.2 Å². The average molecular weight is 156 g/mol. The van der Waals surface area contributed by atoms with Crippen molar-refractivity contribution in [2.45, 2.75) is 4.90 Å². The second-order valence-electron chi connectivity index (χ2n) is 2.19. The van der Waals surface area contributed by atoms with Crippen molar-refractivity contribution in [2.75, 3.05) is 6.26 Å². The Morgan fingerprint density at radius 2 is 1.80 bits per heavy atom. The Kier molecular flexibility index (Phi) is 1.87. The van der Waals surface area contributed by atoms with Crippen molar-refractivity contribution in [3.63, 3.8) is 0 Å². The van der Waals surface area contributed by atoms with Crippen LogP contribution >= 0.6 is 0 Å². The SMILES string of the molecule is C[S+](=N)(O)c1ccccc1. The average Bonchev–Trinajstić information content (AvgIpc) is 1.88. The summed E-state index contributed by atoms with van der Waals surface area (Å²) < 4.78 is 16.6. The normalized spacial score (nSPS) is 16.2. The lowest BCUT2D eigenvalue weighted by Gasteiger charge is -1.99. The van der Waals surface area contributed by atoms with E-state index in [9.17, 15) is 4.55 Å². The van der Waals surface area contributed by atoms with Crippen LogP contribution in [0.5, 0.6) is 0 Å². The van der Waals surface area contributed by atoms with Gasteiger partial charge < -0.3 is 0 Å². The Morgan fingerprint density at radius 3 is 2.10 bits per heavy atom. The standard InChI is InChI=1S/C7H10NOS/c1-10(8,9)7-5-3-2-4-6-7/h2-6H,1H3,(H2,8,9)/q+1. The monoisotopic (exact) mass is 156 g/mol. The van der Waals surface area contributed by atoms with Gasteiger partial charge in [0.25, 0.3) is 0 Å². The van der Waals surface area contributed by atoms with Gasteiger partial charge in [0.05, 0.1) is 0 Å². The van der Waals surface area contributed by atoms with Crippen molar-refractivity contribution < 1.29 is 4.55 Å². The van der Waals surface area contributed by atoms with Crippen LogP contribution in [0.3, 0.4) is 0 Å². The first-order valence-corrected chi connectivity index (χ1v) is 4.91. The van der Waals surface area contributed by atoms with E-state index in [2.05, 4.69) is 0 Å². The van der Waals surface area contributed by atoms with Crippen LogP contribution in [-0.4, -0.2) is 10.8 Å². The summed E-state index contributed by atoms with van der Waals surface area (Å²) in [6.07, 6.45) is 1.53. The van der Waals surface area contributed by atoms with Crippen LogP contribution in [0.15, 0.2) is 35.2 Å². The molecule has 2 N–H and O–H groups in total. The van der Waals surface area contributed by atoms with Gasteiger partial charge >= 0.3 is 0 Å². The van der Waals surface area contributed by atoms with E-state index in [-0.39, 0.29) is 0 Å². The van der Waals surface area contributed by atoms with Crippen molar-refractivity contribution in [2.24, 2.45) is 0 Å². The summed E-state index contributed by atoms with van der Waals surface area (Å²) in [7, 11) is -2.25. The minimum atomic E-state index is -2.25. The predicted octanol–water partition coefficient (Wildman–Crippen LogP) is 2.06. The highest BCUT2D eigenvalue weighted by Gasteiger charge is 2.13. The molecule has 0 aliphatic rings. The Balaban J connectivity index is 3.09. The first kappa shape index (κ1) is 7.44.